The second-order valence-electron chi connectivity index (χ2n) is 5.39. The molecule has 0 radical (unpaired) electrons. The lowest BCUT2D eigenvalue weighted by molar-refractivity contribution is 0.0752. The maximum atomic E-state index is 12.7. The van der Waals surface area contributed by atoms with Crippen molar-refractivity contribution in [1.29, 1.82) is 0 Å². The highest BCUT2D eigenvalue weighted by Gasteiger charge is 2.28. The molecule has 0 saturated carbocycles. The topological polar surface area (TPSA) is 58.6 Å². The number of hydrogen-bond donors (Lipinski definition) is 1. The molecular formula is C14H20N2O3S. The molecule has 20 heavy (non-hydrogen) atoms. The van der Waals surface area contributed by atoms with Crippen molar-refractivity contribution in [2.45, 2.75) is 30.8 Å². The number of sulfonamides is 1. The lowest BCUT2D eigenvalue weighted by atomic mass is 10.2. The fourth-order valence-electron chi connectivity index (χ4n) is 2.75. The Balaban J connectivity index is 1.90. The Kier molecular flexibility index (Phi) is 3.70. The first-order valence-electron chi connectivity index (χ1n) is 7.06. The van der Waals surface area contributed by atoms with Crippen LogP contribution in [0, 0.1) is 0 Å². The van der Waals surface area contributed by atoms with Gasteiger partial charge in [0.2, 0.25) is 10.0 Å². The zero-order valence-electron chi connectivity index (χ0n) is 11.6. The van der Waals surface area contributed by atoms with Crippen LogP contribution < -0.4 is 5.32 Å². The SMILES string of the molecule is CC1CN(S(=O)(=O)c2ccc3c(c2)NCC3)CCCO1. The zero-order chi connectivity index (χ0) is 14.2. The average Bonchev–Trinajstić information content (AvgIpc) is 2.78. The predicted molar refractivity (Wildman–Crippen MR) is 77.4 cm³/mol. The summed E-state index contributed by atoms with van der Waals surface area (Å²) in [6, 6.07) is 5.39. The maximum Gasteiger partial charge on any atom is 0.243 e. The van der Waals surface area contributed by atoms with Crippen LogP contribution in [0.1, 0.15) is 18.9 Å². The zero-order valence-corrected chi connectivity index (χ0v) is 12.4. The largest absolute Gasteiger partial charge is 0.384 e. The summed E-state index contributed by atoms with van der Waals surface area (Å²) in [6.07, 6.45) is 1.65. The van der Waals surface area contributed by atoms with Gasteiger partial charge in [-0.25, -0.2) is 8.42 Å². The van der Waals surface area contributed by atoms with E-state index >= 15 is 0 Å². The molecular weight excluding hydrogens is 276 g/mol. The quantitative estimate of drug-likeness (QED) is 0.897. The third-order valence-corrected chi connectivity index (χ3v) is 5.70. The van der Waals surface area contributed by atoms with E-state index in [-0.39, 0.29) is 6.10 Å². The standard InChI is InChI=1S/C14H20N2O3S/c1-11-10-16(7-2-8-19-11)20(17,18)13-4-3-12-5-6-15-14(12)9-13/h3-4,9,11,15H,2,5-8,10H2,1H3. The number of benzene rings is 1. The van der Waals surface area contributed by atoms with E-state index in [4.69, 9.17) is 4.74 Å². The molecule has 5 nitrogen and oxygen atoms in total. The maximum absolute atomic E-state index is 12.7. The lowest BCUT2D eigenvalue weighted by Crippen LogP contribution is -2.35. The average molecular weight is 296 g/mol. The van der Waals surface area contributed by atoms with Crippen LogP contribution >= 0.6 is 0 Å². The molecule has 3 rings (SSSR count). The van der Waals surface area contributed by atoms with E-state index in [1.54, 1.807) is 16.4 Å². The van der Waals surface area contributed by atoms with E-state index in [0.717, 1.165) is 25.1 Å². The summed E-state index contributed by atoms with van der Waals surface area (Å²) in [5.41, 5.74) is 2.14. The molecule has 1 aromatic carbocycles. The number of nitrogens with one attached hydrogen (secondary N) is 1. The first-order valence-corrected chi connectivity index (χ1v) is 8.50. The van der Waals surface area contributed by atoms with Gasteiger partial charge < -0.3 is 10.1 Å². The van der Waals surface area contributed by atoms with Crippen molar-refractivity contribution >= 4 is 15.7 Å². The van der Waals surface area contributed by atoms with Gasteiger partial charge in [-0.1, -0.05) is 6.07 Å². The summed E-state index contributed by atoms with van der Waals surface area (Å²) in [6.45, 7) is 4.37. The Morgan fingerprint density at radius 2 is 2.25 bits per heavy atom. The highest BCUT2D eigenvalue weighted by Crippen LogP contribution is 2.27. The molecule has 1 unspecified atom stereocenters. The molecule has 2 aliphatic heterocycles. The Labute approximate surface area is 120 Å². The summed E-state index contributed by atoms with van der Waals surface area (Å²) in [5.74, 6) is 0. The van der Waals surface area contributed by atoms with E-state index in [1.165, 1.54) is 5.56 Å². The lowest BCUT2D eigenvalue weighted by Gasteiger charge is -2.22. The van der Waals surface area contributed by atoms with Crippen LogP contribution in [-0.4, -0.2) is 45.1 Å². The summed E-state index contributed by atoms with van der Waals surface area (Å²) in [4.78, 5) is 0.375. The van der Waals surface area contributed by atoms with E-state index in [2.05, 4.69) is 5.32 Å². The van der Waals surface area contributed by atoms with Crippen LogP contribution in [0.25, 0.3) is 0 Å². The number of hydrogen-bond acceptors (Lipinski definition) is 4. The molecule has 2 heterocycles. The fraction of sp³-hybridized carbons (Fsp3) is 0.571. The summed E-state index contributed by atoms with van der Waals surface area (Å²) in [7, 11) is -3.43. The summed E-state index contributed by atoms with van der Waals surface area (Å²) < 4.78 is 32.5. The van der Waals surface area contributed by atoms with Crippen LogP contribution in [-0.2, 0) is 21.2 Å². The van der Waals surface area contributed by atoms with Gasteiger partial charge in [-0.15, -0.1) is 0 Å². The number of nitrogens with zero attached hydrogens (tertiary/aromatic N) is 1. The van der Waals surface area contributed by atoms with Crippen molar-refractivity contribution < 1.29 is 13.2 Å². The van der Waals surface area contributed by atoms with Crippen LogP contribution in [0.5, 0.6) is 0 Å². The molecule has 1 N–H and O–H groups in total. The first kappa shape index (κ1) is 13.9. The monoisotopic (exact) mass is 296 g/mol. The minimum atomic E-state index is -3.43. The minimum Gasteiger partial charge on any atom is -0.384 e. The smallest absolute Gasteiger partial charge is 0.243 e. The van der Waals surface area contributed by atoms with Crippen molar-refractivity contribution in [3.63, 3.8) is 0 Å². The van der Waals surface area contributed by atoms with Crippen molar-refractivity contribution in [1.82, 2.24) is 4.31 Å². The Bertz CT molecular complexity index is 600. The number of ether oxygens (including phenoxy) is 1. The normalized spacial score (nSPS) is 23.9. The Morgan fingerprint density at radius 3 is 3.10 bits per heavy atom. The molecule has 110 valence electrons. The van der Waals surface area contributed by atoms with Gasteiger partial charge in [0.1, 0.15) is 0 Å². The molecule has 0 spiro atoms. The van der Waals surface area contributed by atoms with Gasteiger partial charge in [0, 0.05) is 31.9 Å². The second-order valence-corrected chi connectivity index (χ2v) is 7.33. The summed E-state index contributed by atoms with van der Waals surface area (Å²) in [5, 5.41) is 3.23. The molecule has 1 atom stereocenters. The van der Waals surface area contributed by atoms with Crippen LogP contribution in [0.4, 0.5) is 5.69 Å². The van der Waals surface area contributed by atoms with E-state index < -0.39 is 10.0 Å². The fourth-order valence-corrected chi connectivity index (χ4v) is 4.33. The highest BCUT2D eigenvalue weighted by molar-refractivity contribution is 7.89. The molecule has 0 aromatic heterocycles. The molecule has 0 aliphatic carbocycles. The second kappa shape index (κ2) is 5.35. The van der Waals surface area contributed by atoms with Gasteiger partial charge in [0.25, 0.3) is 0 Å². The summed E-state index contributed by atoms with van der Waals surface area (Å²) >= 11 is 0. The van der Waals surface area contributed by atoms with E-state index in [0.29, 0.717) is 24.6 Å². The van der Waals surface area contributed by atoms with Gasteiger partial charge in [-0.3, -0.25) is 0 Å². The van der Waals surface area contributed by atoms with Crippen molar-refractivity contribution in [2.24, 2.45) is 0 Å². The minimum absolute atomic E-state index is 0.0557. The van der Waals surface area contributed by atoms with Crippen LogP contribution in [0.15, 0.2) is 23.1 Å². The van der Waals surface area contributed by atoms with Gasteiger partial charge in [-0.05, 0) is 37.5 Å². The van der Waals surface area contributed by atoms with E-state index in [9.17, 15) is 8.42 Å². The van der Waals surface area contributed by atoms with Crippen molar-refractivity contribution in [3.8, 4) is 0 Å². The third kappa shape index (κ3) is 2.55. The van der Waals surface area contributed by atoms with Gasteiger partial charge in [0.05, 0.1) is 11.0 Å². The number of anilines is 1. The molecule has 1 saturated heterocycles. The van der Waals surface area contributed by atoms with Gasteiger partial charge in [-0.2, -0.15) is 4.31 Å². The molecule has 0 amide bonds. The number of rotatable bonds is 2. The molecule has 1 fully saturated rings. The van der Waals surface area contributed by atoms with E-state index in [1.807, 2.05) is 13.0 Å². The third-order valence-electron chi connectivity index (χ3n) is 3.84. The highest BCUT2D eigenvalue weighted by atomic mass is 32.2. The van der Waals surface area contributed by atoms with Gasteiger partial charge in [0.15, 0.2) is 0 Å². The van der Waals surface area contributed by atoms with Gasteiger partial charge >= 0.3 is 0 Å². The Hall–Kier alpha value is -1.11. The molecule has 0 bridgehead atoms. The number of fused-ring (bicyclic) bond motifs is 1. The van der Waals surface area contributed by atoms with Crippen LogP contribution in [0.2, 0.25) is 0 Å². The molecule has 2 aliphatic rings. The molecule has 1 aromatic rings. The predicted octanol–water partition coefficient (Wildman–Crippen LogP) is 1.45. The van der Waals surface area contributed by atoms with Crippen molar-refractivity contribution in [3.05, 3.63) is 23.8 Å². The van der Waals surface area contributed by atoms with Crippen LogP contribution in [0.3, 0.4) is 0 Å². The molecule has 6 heteroatoms. The Morgan fingerprint density at radius 1 is 1.40 bits per heavy atom. The van der Waals surface area contributed by atoms with Crippen molar-refractivity contribution in [2.75, 3.05) is 31.6 Å². The first-order chi connectivity index (χ1) is 9.57.